The van der Waals surface area contributed by atoms with Crippen molar-refractivity contribution < 1.29 is 17.9 Å². The highest BCUT2D eigenvalue weighted by molar-refractivity contribution is 5.43. The van der Waals surface area contributed by atoms with Crippen molar-refractivity contribution in [1.29, 1.82) is 5.26 Å². The molecule has 1 aliphatic heterocycles. The number of alkyl halides is 3. The summed E-state index contributed by atoms with van der Waals surface area (Å²) in [5.41, 5.74) is -0.903. The second kappa shape index (κ2) is 6.81. The number of nitrogens with zero attached hydrogens (tertiary/aromatic N) is 1. The zero-order valence-corrected chi connectivity index (χ0v) is 11.5. The minimum absolute atomic E-state index is 0.0203. The molecule has 0 atom stereocenters. The van der Waals surface area contributed by atoms with Crippen LogP contribution in [0.4, 0.5) is 13.2 Å². The van der Waals surface area contributed by atoms with E-state index in [4.69, 9.17) is 10.00 Å². The third-order valence-corrected chi connectivity index (χ3v) is 3.66. The summed E-state index contributed by atoms with van der Waals surface area (Å²) < 4.78 is 44.2. The van der Waals surface area contributed by atoms with Crippen LogP contribution >= 0.6 is 0 Å². The molecule has 0 aliphatic carbocycles. The summed E-state index contributed by atoms with van der Waals surface area (Å²) in [7, 11) is 0. The van der Waals surface area contributed by atoms with Crippen molar-refractivity contribution in [3.63, 3.8) is 0 Å². The number of benzene rings is 1. The van der Waals surface area contributed by atoms with Crippen molar-refractivity contribution in [2.45, 2.75) is 25.4 Å². The molecule has 1 fully saturated rings. The van der Waals surface area contributed by atoms with Crippen LogP contribution in [0.15, 0.2) is 18.2 Å². The molecule has 1 heterocycles. The van der Waals surface area contributed by atoms with Crippen LogP contribution in [-0.4, -0.2) is 19.7 Å². The largest absolute Gasteiger partial charge is 0.493 e. The lowest BCUT2D eigenvalue weighted by atomic mass is 9.95. The number of hydrogen-bond donors (Lipinski definition) is 1. The normalized spacial score (nSPS) is 16.5. The Bertz CT molecular complexity index is 517. The van der Waals surface area contributed by atoms with Gasteiger partial charge in [-0.1, -0.05) is 0 Å². The second-order valence-corrected chi connectivity index (χ2v) is 5.15. The summed E-state index contributed by atoms with van der Waals surface area (Å²) in [5.74, 6) is 0.300. The average Bonchev–Trinajstić information content (AvgIpc) is 2.47. The molecule has 114 valence electrons. The fraction of sp³-hybridized carbons (Fsp3) is 0.533. The van der Waals surface area contributed by atoms with E-state index in [1.54, 1.807) is 6.07 Å². The topological polar surface area (TPSA) is 45.0 Å². The van der Waals surface area contributed by atoms with Crippen LogP contribution in [0.5, 0.6) is 5.75 Å². The zero-order chi connectivity index (χ0) is 15.3. The number of hydrogen-bond acceptors (Lipinski definition) is 3. The van der Waals surface area contributed by atoms with Gasteiger partial charge >= 0.3 is 6.18 Å². The van der Waals surface area contributed by atoms with Crippen LogP contribution in [-0.2, 0) is 6.18 Å². The van der Waals surface area contributed by atoms with Gasteiger partial charge in [-0.05, 0) is 56.5 Å². The summed E-state index contributed by atoms with van der Waals surface area (Å²) in [6, 6.07) is 5.11. The summed E-state index contributed by atoms with van der Waals surface area (Å²) in [5, 5.41) is 11.9. The van der Waals surface area contributed by atoms with Crippen molar-refractivity contribution in [2.24, 2.45) is 5.92 Å². The number of rotatable bonds is 4. The highest BCUT2D eigenvalue weighted by atomic mass is 19.4. The molecule has 0 saturated carbocycles. The number of ether oxygens (including phenoxy) is 1. The van der Waals surface area contributed by atoms with Gasteiger partial charge in [-0.15, -0.1) is 0 Å². The average molecular weight is 298 g/mol. The van der Waals surface area contributed by atoms with Gasteiger partial charge < -0.3 is 10.1 Å². The Morgan fingerprint density at radius 1 is 1.29 bits per heavy atom. The Morgan fingerprint density at radius 2 is 2.00 bits per heavy atom. The van der Waals surface area contributed by atoms with Gasteiger partial charge in [0.15, 0.2) is 0 Å². The monoisotopic (exact) mass is 298 g/mol. The van der Waals surface area contributed by atoms with E-state index < -0.39 is 11.7 Å². The van der Waals surface area contributed by atoms with Gasteiger partial charge in [0.1, 0.15) is 5.75 Å². The van der Waals surface area contributed by atoms with Crippen molar-refractivity contribution in [1.82, 2.24) is 5.32 Å². The first-order valence-electron chi connectivity index (χ1n) is 6.95. The molecule has 2 rings (SSSR count). The number of halogens is 3. The Labute approximate surface area is 121 Å². The Hall–Kier alpha value is -1.74. The van der Waals surface area contributed by atoms with Crippen molar-refractivity contribution in [2.75, 3.05) is 19.7 Å². The lowest BCUT2D eigenvalue weighted by Gasteiger charge is -2.22. The quantitative estimate of drug-likeness (QED) is 0.927. The van der Waals surface area contributed by atoms with Crippen LogP contribution in [0.25, 0.3) is 0 Å². The third-order valence-electron chi connectivity index (χ3n) is 3.66. The molecular weight excluding hydrogens is 281 g/mol. The second-order valence-electron chi connectivity index (χ2n) is 5.15. The van der Waals surface area contributed by atoms with Gasteiger partial charge in [-0.3, -0.25) is 0 Å². The molecule has 1 aliphatic rings. The maximum absolute atomic E-state index is 12.9. The van der Waals surface area contributed by atoms with E-state index in [0.717, 1.165) is 38.4 Å². The molecule has 6 heteroatoms. The predicted molar refractivity (Wildman–Crippen MR) is 71.9 cm³/mol. The van der Waals surface area contributed by atoms with Gasteiger partial charge in [0.25, 0.3) is 0 Å². The van der Waals surface area contributed by atoms with Gasteiger partial charge in [-0.2, -0.15) is 18.4 Å². The Balaban J connectivity index is 2.00. The molecule has 1 aromatic carbocycles. The van der Waals surface area contributed by atoms with Crippen LogP contribution in [0.3, 0.4) is 0 Å². The fourth-order valence-electron chi connectivity index (χ4n) is 2.45. The van der Waals surface area contributed by atoms with E-state index in [1.807, 2.05) is 0 Å². The summed E-state index contributed by atoms with van der Waals surface area (Å²) in [6.45, 7) is 2.17. The third kappa shape index (κ3) is 4.36. The molecule has 1 saturated heterocycles. The molecule has 3 nitrogen and oxygen atoms in total. The molecule has 1 N–H and O–H groups in total. The first-order chi connectivity index (χ1) is 10.0. The van der Waals surface area contributed by atoms with Gasteiger partial charge in [0.2, 0.25) is 0 Å². The molecule has 0 spiro atoms. The Kier molecular flexibility index (Phi) is 5.07. The zero-order valence-electron chi connectivity index (χ0n) is 11.5. The van der Waals surface area contributed by atoms with E-state index in [2.05, 4.69) is 5.32 Å². The van der Waals surface area contributed by atoms with Gasteiger partial charge in [-0.25, -0.2) is 0 Å². The lowest BCUT2D eigenvalue weighted by molar-refractivity contribution is -0.139. The fourth-order valence-corrected chi connectivity index (χ4v) is 2.45. The standard InChI is InChI=1S/C15H17F3N2O/c16-15(17,18)13-9-12(10-19)1-2-14(13)21-8-5-11-3-6-20-7-4-11/h1-2,9,11,20H,3-8H2. The van der Waals surface area contributed by atoms with Gasteiger partial charge in [0, 0.05) is 0 Å². The molecule has 0 amide bonds. The summed E-state index contributed by atoms with van der Waals surface area (Å²) in [4.78, 5) is 0. The number of piperidine rings is 1. The van der Waals surface area contributed by atoms with Crippen molar-refractivity contribution in [3.8, 4) is 11.8 Å². The highest BCUT2D eigenvalue weighted by Crippen LogP contribution is 2.37. The molecule has 0 unspecified atom stereocenters. The molecular formula is C15H17F3N2O. The first-order valence-corrected chi connectivity index (χ1v) is 6.95. The van der Waals surface area contributed by atoms with E-state index in [0.29, 0.717) is 5.92 Å². The summed E-state index contributed by atoms with van der Waals surface area (Å²) in [6.07, 6.45) is -1.71. The number of nitrogens with one attached hydrogen (secondary N) is 1. The smallest absolute Gasteiger partial charge is 0.420 e. The SMILES string of the molecule is N#Cc1ccc(OCCC2CCNCC2)c(C(F)(F)F)c1. The van der Waals surface area contributed by atoms with E-state index >= 15 is 0 Å². The molecule has 1 aromatic rings. The predicted octanol–water partition coefficient (Wildman–Crippen LogP) is 3.35. The van der Waals surface area contributed by atoms with E-state index in [1.165, 1.54) is 12.1 Å². The minimum Gasteiger partial charge on any atom is -0.493 e. The Morgan fingerprint density at radius 3 is 2.62 bits per heavy atom. The molecule has 0 bridgehead atoms. The van der Waals surface area contributed by atoms with Crippen molar-refractivity contribution in [3.05, 3.63) is 29.3 Å². The van der Waals surface area contributed by atoms with Crippen LogP contribution in [0.2, 0.25) is 0 Å². The first kappa shape index (κ1) is 15.6. The van der Waals surface area contributed by atoms with Gasteiger partial charge in [0.05, 0.1) is 23.8 Å². The van der Waals surface area contributed by atoms with Crippen molar-refractivity contribution >= 4 is 0 Å². The summed E-state index contributed by atoms with van der Waals surface area (Å²) >= 11 is 0. The molecule has 21 heavy (non-hydrogen) atoms. The maximum atomic E-state index is 12.9. The van der Waals surface area contributed by atoms with E-state index in [9.17, 15) is 13.2 Å². The van der Waals surface area contributed by atoms with Crippen LogP contribution in [0, 0.1) is 17.2 Å². The molecule has 0 aromatic heterocycles. The molecule has 0 radical (unpaired) electrons. The number of nitriles is 1. The van der Waals surface area contributed by atoms with Crippen LogP contribution < -0.4 is 10.1 Å². The van der Waals surface area contributed by atoms with Crippen LogP contribution in [0.1, 0.15) is 30.4 Å². The maximum Gasteiger partial charge on any atom is 0.420 e. The van der Waals surface area contributed by atoms with E-state index in [-0.39, 0.29) is 17.9 Å². The minimum atomic E-state index is -4.52. The lowest BCUT2D eigenvalue weighted by Crippen LogP contribution is -2.28. The highest BCUT2D eigenvalue weighted by Gasteiger charge is 2.34.